The van der Waals surface area contributed by atoms with Crippen LogP contribution in [0.1, 0.15) is 11.5 Å². The van der Waals surface area contributed by atoms with E-state index in [1.54, 1.807) is 31.4 Å². The summed E-state index contributed by atoms with van der Waals surface area (Å²) in [6.45, 7) is 0.311. The Morgan fingerprint density at radius 1 is 1.25 bits per heavy atom. The topological polar surface area (TPSA) is 41.9 Å². The molecule has 2 heterocycles. The third-order valence-corrected chi connectivity index (χ3v) is 2.64. The van der Waals surface area contributed by atoms with Gasteiger partial charge in [0.1, 0.15) is 11.0 Å². The smallest absolute Gasteiger partial charge is 0.354 e. The van der Waals surface area contributed by atoms with Crippen LogP contribution in [0.3, 0.4) is 0 Å². The Labute approximate surface area is 118 Å². The number of hydrogen-bond acceptors (Lipinski definition) is 4. The van der Waals surface area contributed by atoms with Gasteiger partial charge in [0.2, 0.25) is 5.82 Å². The Bertz CT molecular complexity index is 589. The van der Waals surface area contributed by atoms with Crippen molar-refractivity contribution in [2.24, 2.45) is 0 Å². The summed E-state index contributed by atoms with van der Waals surface area (Å²) >= 11 is 5.61. The maximum Gasteiger partial charge on any atom is 0.451 e. The second-order valence-corrected chi connectivity index (χ2v) is 4.43. The highest BCUT2D eigenvalue weighted by Crippen LogP contribution is 2.29. The van der Waals surface area contributed by atoms with Crippen LogP contribution in [-0.4, -0.2) is 22.0 Å². The SMILES string of the molecule is CN(Cc1ccccn1)c1cc(Cl)nc(C(F)(F)F)n1. The zero-order valence-corrected chi connectivity index (χ0v) is 11.2. The first-order valence-electron chi connectivity index (χ1n) is 5.59. The van der Waals surface area contributed by atoms with E-state index in [2.05, 4.69) is 15.0 Å². The van der Waals surface area contributed by atoms with E-state index < -0.39 is 12.0 Å². The van der Waals surface area contributed by atoms with Crippen molar-refractivity contribution in [2.75, 3.05) is 11.9 Å². The maximum absolute atomic E-state index is 12.6. The molecule has 106 valence electrons. The van der Waals surface area contributed by atoms with Gasteiger partial charge in [0, 0.05) is 19.3 Å². The number of anilines is 1. The zero-order valence-electron chi connectivity index (χ0n) is 10.4. The number of alkyl halides is 3. The first kappa shape index (κ1) is 14.5. The largest absolute Gasteiger partial charge is 0.451 e. The number of halogens is 4. The van der Waals surface area contributed by atoms with Crippen LogP contribution in [0.5, 0.6) is 0 Å². The monoisotopic (exact) mass is 302 g/mol. The number of aromatic nitrogens is 3. The van der Waals surface area contributed by atoms with E-state index in [9.17, 15) is 13.2 Å². The minimum atomic E-state index is -4.63. The van der Waals surface area contributed by atoms with Crippen LogP contribution >= 0.6 is 11.6 Å². The summed E-state index contributed by atoms with van der Waals surface area (Å²) in [5, 5.41) is -0.254. The highest BCUT2D eigenvalue weighted by Gasteiger charge is 2.35. The fraction of sp³-hybridized carbons (Fsp3) is 0.250. The van der Waals surface area contributed by atoms with Crippen molar-refractivity contribution in [3.8, 4) is 0 Å². The molecule has 0 N–H and O–H groups in total. The Balaban J connectivity index is 2.26. The van der Waals surface area contributed by atoms with Crippen molar-refractivity contribution in [3.05, 3.63) is 47.1 Å². The average molecular weight is 303 g/mol. The van der Waals surface area contributed by atoms with Crippen molar-refractivity contribution in [1.82, 2.24) is 15.0 Å². The van der Waals surface area contributed by atoms with Crippen LogP contribution in [-0.2, 0) is 12.7 Å². The van der Waals surface area contributed by atoms with E-state index in [1.165, 1.54) is 11.0 Å². The van der Waals surface area contributed by atoms with Crippen molar-refractivity contribution in [3.63, 3.8) is 0 Å². The Morgan fingerprint density at radius 3 is 2.60 bits per heavy atom. The average Bonchev–Trinajstić information content (AvgIpc) is 2.38. The summed E-state index contributed by atoms with van der Waals surface area (Å²) in [5.41, 5.74) is 0.707. The molecule has 0 saturated carbocycles. The van der Waals surface area contributed by atoms with Crippen molar-refractivity contribution in [1.29, 1.82) is 0 Å². The van der Waals surface area contributed by atoms with E-state index in [0.29, 0.717) is 12.2 Å². The summed E-state index contributed by atoms with van der Waals surface area (Å²) < 4.78 is 37.9. The molecule has 0 atom stereocenters. The van der Waals surface area contributed by atoms with Crippen LogP contribution in [0.15, 0.2) is 30.5 Å². The van der Waals surface area contributed by atoms with Gasteiger partial charge in [-0.05, 0) is 12.1 Å². The summed E-state index contributed by atoms with van der Waals surface area (Å²) in [5.74, 6) is -1.17. The maximum atomic E-state index is 12.6. The van der Waals surface area contributed by atoms with Gasteiger partial charge < -0.3 is 4.90 Å². The van der Waals surface area contributed by atoms with E-state index in [4.69, 9.17) is 11.6 Å². The molecular formula is C12H10ClF3N4. The van der Waals surface area contributed by atoms with Gasteiger partial charge in [-0.2, -0.15) is 13.2 Å². The molecule has 0 saturated heterocycles. The van der Waals surface area contributed by atoms with Crippen LogP contribution in [0, 0.1) is 0 Å². The second kappa shape index (κ2) is 5.62. The number of nitrogens with zero attached hydrogens (tertiary/aromatic N) is 4. The molecular weight excluding hydrogens is 293 g/mol. The predicted octanol–water partition coefficient (Wildman–Crippen LogP) is 3.18. The lowest BCUT2D eigenvalue weighted by Crippen LogP contribution is -2.21. The van der Waals surface area contributed by atoms with Crippen LogP contribution < -0.4 is 4.90 Å². The molecule has 2 aromatic rings. The zero-order chi connectivity index (χ0) is 14.8. The summed E-state index contributed by atoms with van der Waals surface area (Å²) in [4.78, 5) is 12.3. The highest BCUT2D eigenvalue weighted by atomic mass is 35.5. The third kappa shape index (κ3) is 3.57. The Kier molecular flexibility index (Phi) is 4.08. The van der Waals surface area contributed by atoms with Gasteiger partial charge in [0.25, 0.3) is 0 Å². The van der Waals surface area contributed by atoms with Gasteiger partial charge in [0.15, 0.2) is 0 Å². The number of pyridine rings is 1. The van der Waals surface area contributed by atoms with E-state index in [1.807, 2.05) is 0 Å². The Morgan fingerprint density at radius 2 is 2.00 bits per heavy atom. The van der Waals surface area contributed by atoms with Gasteiger partial charge in [-0.15, -0.1) is 0 Å². The highest BCUT2D eigenvalue weighted by molar-refractivity contribution is 6.29. The normalized spacial score (nSPS) is 11.4. The van der Waals surface area contributed by atoms with Crippen LogP contribution in [0.2, 0.25) is 5.15 Å². The summed E-state index contributed by atoms with van der Waals surface area (Å²) in [6.07, 6.45) is -3.03. The van der Waals surface area contributed by atoms with Gasteiger partial charge >= 0.3 is 6.18 Å². The van der Waals surface area contributed by atoms with Gasteiger partial charge in [-0.3, -0.25) is 4.98 Å². The molecule has 0 aliphatic heterocycles. The molecule has 0 aliphatic rings. The predicted molar refractivity (Wildman–Crippen MR) is 68.4 cm³/mol. The lowest BCUT2D eigenvalue weighted by atomic mass is 10.3. The van der Waals surface area contributed by atoms with Crippen LogP contribution in [0.25, 0.3) is 0 Å². The van der Waals surface area contributed by atoms with Crippen molar-refractivity contribution >= 4 is 17.4 Å². The molecule has 0 spiro atoms. The number of rotatable bonds is 3. The molecule has 20 heavy (non-hydrogen) atoms. The molecule has 0 aliphatic carbocycles. The first-order valence-corrected chi connectivity index (χ1v) is 5.97. The third-order valence-electron chi connectivity index (χ3n) is 2.45. The van der Waals surface area contributed by atoms with E-state index >= 15 is 0 Å². The van der Waals surface area contributed by atoms with Crippen LogP contribution in [0.4, 0.5) is 19.0 Å². The van der Waals surface area contributed by atoms with Crippen molar-refractivity contribution < 1.29 is 13.2 Å². The molecule has 0 radical (unpaired) electrons. The fourth-order valence-corrected chi connectivity index (χ4v) is 1.72. The minimum absolute atomic E-state index is 0.0861. The number of hydrogen-bond donors (Lipinski definition) is 0. The lowest BCUT2D eigenvalue weighted by molar-refractivity contribution is -0.144. The Hall–Kier alpha value is -1.89. The quantitative estimate of drug-likeness (QED) is 0.817. The first-order chi connectivity index (χ1) is 9.36. The lowest BCUT2D eigenvalue weighted by Gasteiger charge is -2.18. The molecule has 0 bridgehead atoms. The molecule has 4 nitrogen and oxygen atoms in total. The van der Waals surface area contributed by atoms with Gasteiger partial charge in [-0.1, -0.05) is 17.7 Å². The molecule has 0 amide bonds. The standard InChI is InChI=1S/C12H10ClF3N4/c1-20(7-8-4-2-3-5-17-8)10-6-9(13)18-11(19-10)12(14,15)16/h2-6H,7H2,1H3. The molecule has 2 rings (SSSR count). The van der Waals surface area contributed by atoms with Gasteiger partial charge in [0.05, 0.1) is 12.2 Å². The summed E-state index contributed by atoms with van der Waals surface area (Å²) in [7, 11) is 1.60. The summed E-state index contributed by atoms with van der Waals surface area (Å²) in [6, 6.07) is 6.60. The molecule has 0 unspecified atom stereocenters. The van der Waals surface area contributed by atoms with E-state index in [0.717, 1.165) is 0 Å². The molecule has 0 fully saturated rings. The van der Waals surface area contributed by atoms with Crippen molar-refractivity contribution in [2.45, 2.75) is 12.7 Å². The second-order valence-electron chi connectivity index (χ2n) is 4.05. The van der Waals surface area contributed by atoms with E-state index in [-0.39, 0.29) is 11.0 Å². The minimum Gasteiger partial charge on any atom is -0.354 e. The molecule has 2 aromatic heterocycles. The fourth-order valence-electron chi connectivity index (χ4n) is 1.54. The molecule has 8 heteroatoms. The molecule has 0 aromatic carbocycles. The van der Waals surface area contributed by atoms with Gasteiger partial charge in [-0.25, -0.2) is 9.97 Å².